The van der Waals surface area contributed by atoms with Crippen molar-refractivity contribution < 1.29 is 4.79 Å². The number of nitrogens with one attached hydrogen (secondary N) is 1. The van der Waals surface area contributed by atoms with E-state index >= 15 is 0 Å². The van der Waals surface area contributed by atoms with Gasteiger partial charge in [-0.3, -0.25) is 4.79 Å². The van der Waals surface area contributed by atoms with Gasteiger partial charge in [0.25, 0.3) is 5.91 Å². The molecule has 0 spiro atoms. The Morgan fingerprint density at radius 1 is 1.00 bits per heavy atom. The summed E-state index contributed by atoms with van der Waals surface area (Å²) in [5, 5.41) is 3.81. The predicted octanol–water partition coefficient (Wildman–Crippen LogP) is 2.87. The normalized spacial score (nSPS) is 10.5. The molecule has 4 heteroatoms. The molecular weight excluding hydrogens is 262 g/mol. The van der Waals surface area contributed by atoms with E-state index in [1.54, 1.807) is 0 Å². The number of fused-ring (bicyclic) bond motifs is 1. The molecule has 21 heavy (non-hydrogen) atoms. The van der Waals surface area contributed by atoms with Crippen molar-refractivity contribution in [2.24, 2.45) is 0 Å². The number of hydrogen-bond donors (Lipinski definition) is 1. The Balaban J connectivity index is 1.81. The predicted molar refractivity (Wildman–Crippen MR) is 81.9 cm³/mol. The van der Waals surface area contributed by atoms with Crippen LogP contribution >= 0.6 is 0 Å². The molecule has 3 rings (SSSR count). The van der Waals surface area contributed by atoms with Crippen LogP contribution in [-0.2, 0) is 6.54 Å². The van der Waals surface area contributed by atoms with E-state index in [1.165, 1.54) is 0 Å². The fourth-order valence-electron chi connectivity index (χ4n) is 2.19. The van der Waals surface area contributed by atoms with Gasteiger partial charge in [0, 0.05) is 17.6 Å². The van der Waals surface area contributed by atoms with E-state index < -0.39 is 0 Å². The number of carbonyl (C=O) groups excluding carboxylic acids is 1. The van der Waals surface area contributed by atoms with Gasteiger partial charge in [-0.15, -0.1) is 0 Å². The molecule has 1 aromatic heterocycles. The number of nitrogens with zero attached hydrogens (tertiary/aromatic N) is 2. The van der Waals surface area contributed by atoms with Crippen LogP contribution in [0, 0.1) is 6.92 Å². The molecule has 0 fully saturated rings. The van der Waals surface area contributed by atoms with E-state index in [2.05, 4.69) is 15.3 Å². The Hall–Kier alpha value is -2.75. The lowest BCUT2D eigenvalue weighted by Crippen LogP contribution is -2.25. The Morgan fingerprint density at radius 3 is 2.52 bits per heavy atom. The van der Waals surface area contributed by atoms with E-state index in [9.17, 15) is 4.79 Å². The van der Waals surface area contributed by atoms with Gasteiger partial charge in [-0.2, -0.15) is 0 Å². The highest BCUT2D eigenvalue weighted by Gasteiger charge is 2.11. The number of aromatic nitrogens is 2. The van der Waals surface area contributed by atoms with Crippen LogP contribution in [0.2, 0.25) is 0 Å². The zero-order valence-electron chi connectivity index (χ0n) is 11.7. The second kappa shape index (κ2) is 5.71. The molecule has 0 aliphatic carbocycles. The van der Waals surface area contributed by atoms with Crippen LogP contribution in [0.3, 0.4) is 0 Å². The van der Waals surface area contributed by atoms with Gasteiger partial charge < -0.3 is 5.32 Å². The van der Waals surface area contributed by atoms with Gasteiger partial charge in [0.1, 0.15) is 0 Å². The second-order valence-corrected chi connectivity index (χ2v) is 4.82. The highest BCUT2D eigenvalue weighted by molar-refractivity contribution is 5.93. The molecule has 2 aromatic carbocycles. The van der Waals surface area contributed by atoms with Crippen molar-refractivity contribution in [1.29, 1.82) is 0 Å². The van der Waals surface area contributed by atoms with Gasteiger partial charge in [0.05, 0.1) is 5.52 Å². The summed E-state index contributed by atoms with van der Waals surface area (Å²) in [7, 11) is 0. The average Bonchev–Trinajstić information content (AvgIpc) is 2.53. The van der Waals surface area contributed by atoms with Crippen LogP contribution in [0.5, 0.6) is 0 Å². The molecule has 0 saturated heterocycles. The number of hydrogen-bond acceptors (Lipinski definition) is 3. The van der Waals surface area contributed by atoms with Crippen molar-refractivity contribution in [2.45, 2.75) is 13.5 Å². The Kier molecular flexibility index (Phi) is 3.60. The van der Waals surface area contributed by atoms with E-state index in [4.69, 9.17) is 0 Å². The first kappa shape index (κ1) is 13.2. The molecule has 0 saturated carbocycles. The first-order valence-corrected chi connectivity index (χ1v) is 6.79. The van der Waals surface area contributed by atoms with Gasteiger partial charge in [-0.05, 0) is 18.6 Å². The van der Waals surface area contributed by atoms with Crippen molar-refractivity contribution in [3.05, 3.63) is 71.7 Å². The number of amides is 1. The zero-order chi connectivity index (χ0) is 14.7. The first-order chi connectivity index (χ1) is 10.2. The van der Waals surface area contributed by atoms with Crippen molar-refractivity contribution in [3.8, 4) is 0 Å². The molecule has 1 heterocycles. The average molecular weight is 277 g/mol. The van der Waals surface area contributed by atoms with Crippen LogP contribution in [0.15, 0.2) is 54.6 Å². The molecule has 1 amide bonds. The first-order valence-electron chi connectivity index (χ1n) is 6.79. The third-order valence-electron chi connectivity index (χ3n) is 3.29. The molecule has 1 N–H and O–H groups in total. The summed E-state index contributed by atoms with van der Waals surface area (Å²) < 4.78 is 0. The minimum atomic E-state index is -0.257. The molecule has 0 atom stereocenters. The number of benzene rings is 2. The minimum absolute atomic E-state index is 0.210. The van der Waals surface area contributed by atoms with Crippen molar-refractivity contribution in [2.75, 3.05) is 0 Å². The quantitative estimate of drug-likeness (QED) is 0.801. The maximum Gasteiger partial charge on any atom is 0.289 e. The maximum absolute atomic E-state index is 12.2. The van der Waals surface area contributed by atoms with E-state index in [0.717, 1.165) is 22.2 Å². The zero-order valence-corrected chi connectivity index (χ0v) is 11.7. The topological polar surface area (TPSA) is 54.9 Å². The molecule has 0 aliphatic heterocycles. The number of rotatable bonds is 3. The maximum atomic E-state index is 12.2. The SMILES string of the molecule is Cc1nc(C(=O)NCc2ccccc2)nc2ccccc12. The molecule has 3 aromatic rings. The van der Waals surface area contributed by atoms with Crippen LogP contribution < -0.4 is 5.32 Å². The third-order valence-corrected chi connectivity index (χ3v) is 3.29. The highest BCUT2D eigenvalue weighted by atomic mass is 16.2. The van der Waals surface area contributed by atoms with Gasteiger partial charge in [0.15, 0.2) is 0 Å². The summed E-state index contributed by atoms with van der Waals surface area (Å²) in [5.41, 5.74) is 2.64. The van der Waals surface area contributed by atoms with Crippen molar-refractivity contribution >= 4 is 16.8 Å². The molecule has 0 aliphatic rings. The van der Waals surface area contributed by atoms with Crippen molar-refractivity contribution in [1.82, 2.24) is 15.3 Å². The minimum Gasteiger partial charge on any atom is -0.345 e. The van der Waals surface area contributed by atoms with E-state index in [0.29, 0.717) is 6.54 Å². The van der Waals surface area contributed by atoms with E-state index in [-0.39, 0.29) is 11.7 Å². The van der Waals surface area contributed by atoms with Gasteiger partial charge in [-0.25, -0.2) is 9.97 Å². The lowest BCUT2D eigenvalue weighted by molar-refractivity contribution is 0.0940. The van der Waals surface area contributed by atoms with Crippen LogP contribution in [0.25, 0.3) is 10.9 Å². The third kappa shape index (κ3) is 2.89. The summed E-state index contributed by atoms with van der Waals surface area (Å²) in [4.78, 5) is 20.8. The van der Waals surface area contributed by atoms with Crippen molar-refractivity contribution in [3.63, 3.8) is 0 Å². The van der Waals surface area contributed by atoms with Crippen LogP contribution in [0.4, 0.5) is 0 Å². The summed E-state index contributed by atoms with van der Waals surface area (Å²) in [5.74, 6) is -0.0464. The second-order valence-electron chi connectivity index (χ2n) is 4.82. The lowest BCUT2D eigenvalue weighted by atomic mass is 10.2. The largest absolute Gasteiger partial charge is 0.345 e. The van der Waals surface area contributed by atoms with Gasteiger partial charge in [-0.1, -0.05) is 48.5 Å². The molecule has 0 bridgehead atoms. The highest BCUT2D eigenvalue weighted by Crippen LogP contribution is 2.14. The molecule has 0 radical (unpaired) electrons. The lowest BCUT2D eigenvalue weighted by Gasteiger charge is -2.07. The fraction of sp³-hybridized carbons (Fsp3) is 0.118. The van der Waals surface area contributed by atoms with E-state index in [1.807, 2.05) is 61.5 Å². The Labute approximate surface area is 122 Å². The summed E-state index contributed by atoms with van der Waals surface area (Å²) >= 11 is 0. The van der Waals surface area contributed by atoms with Crippen LogP contribution in [-0.4, -0.2) is 15.9 Å². The number of carbonyl (C=O) groups is 1. The molecular formula is C17H15N3O. The summed E-state index contributed by atoms with van der Waals surface area (Å²) in [6.45, 7) is 2.35. The molecule has 104 valence electrons. The van der Waals surface area contributed by atoms with Gasteiger partial charge >= 0.3 is 0 Å². The monoisotopic (exact) mass is 277 g/mol. The molecule has 0 unspecified atom stereocenters. The van der Waals surface area contributed by atoms with Crippen LogP contribution in [0.1, 0.15) is 21.9 Å². The van der Waals surface area contributed by atoms with Gasteiger partial charge in [0.2, 0.25) is 5.82 Å². The number of aryl methyl sites for hydroxylation is 1. The molecule has 4 nitrogen and oxygen atoms in total. The summed E-state index contributed by atoms with van der Waals surface area (Å²) in [6.07, 6.45) is 0. The summed E-state index contributed by atoms with van der Waals surface area (Å²) in [6, 6.07) is 17.4. The standard InChI is InChI=1S/C17H15N3O/c1-12-14-9-5-6-10-15(14)20-16(19-12)17(21)18-11-13-7-3-2-4-8-13/h2-10H,11H2,1H3,(H,18,21). The fourth-order valence-corrected chi connectivity index (χ4v) is 2.19. The Bertz CT molecular complexity index is 784. The smallest absolute Gasteiger partial charge is 0.289 e. The Morgan fingerprint density at radius 2 is 1.71 bits per heavy atom. The number of para-hydroxylation sites is 1.